The van der Waals surface area contributed by atoms with Crippen molar-refractivity contribution in [3.05, 3.63) is 53.6 Å². The molecule has 2 amide bonds. The maximum absolute atomic E-state index is 12.8. The van der Waals surface area contributed by atoms with E-state index in [-0.39, 0.29) is 12.5 Å². The van der Waals surface area contributed by atoms with Crippen LogP contribution in [0.4, 0.5) is 5.69 Å². The fraction of sp³-hybridized carbons (Fsp3) is 0.391. The third-order valence-corrected chi connectivity index (χ3v) is 4.87. The Morgan fingerprint density at radius 1 is 1.07 bits per heavy atom. The highest BCUT2D eigenvalue weighted by molar-refractivity contribution is 5.94. The topological polar surface area (TPSA) is 93.9 Å². The van der Waals surface area contributed by atoms with Gasteiger partial charge in [0.1, 0.15) is 11.5 Å². The SMILES string of the molecule is CCOc1ccc(OCC)c(NC(=O)CN(Cc2ccc(C(N)=O)cc2)C2CC2)c1. The molecule has 7 heteroatoms. The maximum atomic E-state index is 12.8. The van der Waals surface area contributed by atoms with Gasteiger partial charge in [0.05, 0.1) is 25.4 Å². The summed E-state index contributed by atoms with van der Waals surface area (Å²) in [6.45, 7) is 5.78. The van der Waals surface area contributed by atoms with Gasteiger partial charge < -0.3 is 20.5 Å². The van der Waals surface area contributed by atoms with Gasteiger partial charge in [-0.3, -0.25) is 14.5 Å². The molecule has 1 aliphatic rings. The molecule has 2 aromatic rings. The number of hydrogen-bond acceptors (Lipinski definition) is 5. The van der Waals surface area contributed by atoms with Crippen LogP contribution < -0.4 is 20.5 Å². The van der Waals surface area contributed by atoms with Crippen molar-refractivity contribution in [3.63, 3.8) is 0 Å². The van der Waals surface area contributed by atoms with Gasteiger partial charge in [0.25, 0.3) is 0 Å². The van der Waals surface area contributed by atoms with E-state index in [1.54, 1.807) is 18.2 Å². The Balaban J connectivity index is 1.67. The zero-order chi connectivity index (χ0) is 21.5. The standard InChI is InChI=1S/C23H29N3O4/c1-3-29-19-11-12-21(30-4-2)20(13-19)25-22(27)15-26(18-9-10-18)14-16-5-7-17(8-6-16)23(24)28/h5-8,11-13,18H,3-4,9-10,14-15H2,1-2H3,(H2,24,28)(H,25,27). The number of nitrogens with zero attached hydrogens (tertiary/aromatic N) is 1. The molecule has 0 saturated heterocycles. The van der Waals surface area contributed by atoms with Crippen molar-refractivity contribution >= 4 is 17.5 Å². The zero-order valence-electron chi connectivity index (χ0n) is 17.5. The molecule has 0 unspecified atom stereocenters. The third-order valence-electron chi connectivity index (χ3n) is 4.87. The summed E-state index contributed by atoms with van der Waals surface area (Å²) in [6, 6.07) is 13.0. The van der Waals surface area contributed by atoms with Gasteiger partial charge in [-0.1, -0.05) is 12.1 Å². The summed E-state index contributed by atoms with van der Waals surface area (Å²) < 4.78 is 11.2. The average Bonchev–Trinajstić information content (AvgIpc) is 3.55. The van der Waals surface area contributed by atoms with Crippen molar-refractivity contribution in [1.82, 2.24) is 4.90 Å². The summed E-state index contributed by atoms with van der Waals surface area (Å²) in [5.74, 6) is 0.753. The lowest BCUT2D eigenvalue weighted by Crippen LogP contribution is -2.34. The maximum Gasteiger partial charge on any atom is 0.248 e. The fourth-order valence-corrected chi connectivity index (χ4v) is 3.28. The molecule has 2 aromatic carbocycles. The van der Waals surface area contributed by atoms with Gasteiger partial charge in [0, 0.05) is 24.2 Å². The number of amides is 2. The minimum Gasteiger partial charge on any atom is -0.494 e. The van der Waals surface area contributed by atoms with E-state index >= 15 is 0 Å². The summed E-state index contributed by atoms with van der Waals surface area (Å²) in [5.41, 5.74) is 7.42. The molecule has 0 heterocycles. The minimum absolute atomic E-state index is 0.106. The van der Waals surface area contributed by atoms with E-state index in [1.807, 2.05) is 38.1 Å². The summed E-state index contributed by atoms with van der Waals surface area (Å²) in [4.78, 5) is 26.2. The Bertz CT molecular complexity index is 879. The molecule has 3 N–H and O–H groups in total. The predicted octanol–water partition coefficient (Wildman–Crippen LogP) is 3.19. The first-order valence-electron chi connectivity index (χ1n) is 10.3. The summed E-state index contributed by atoms with van der Waals surface area (Å²) >= 11 is 0. The van der Waals surface area contributed by atoms with E-state index in [4.69, 9.17) is 15.2 Å². The van der Waals surface area contributed by atoms with Gasteiger partial charge in [0.2, 0.25) is 11.8 Å². The zero-order valence-corrected chi connectivity index (χ0v) is 17.5. The van der Waals surface area contributed by atoms with E-state index in [1.165, 1.54) is 0 Å². The van der Waals surface area contributed by atoms with Gasteiger partial charge in [-0.2, -0.15) is 0 Å². The molecule has 0 bridgehead atoms. The quantitative estimate of drug-likeness (QED) is 0.592. The molecule has 0 spiro atoms. The highest BCUT2D eigenvalue weighted by atomic mass is 16.5. The average molecular weight is 412 g/mol. The van der Waals surface area contributed by atoms with E-state index < -0.39 is 5.91 Å². The van der Waals surface area contributed by atoms with Crippen molar-refractivity contribution in [3.8, 4) is 11.5 Å². The number of carbonyl (C=O) groups is 2. The van der Waals surface area contributed by atoms with Crippen molar-refractivity contribution in [2.24, 2.45) is 5.73 Å². The second-order valence-corrected chi connectivity index (χ2v) is 7.27. The monoisotopic (exact) mass is 411 g/mol. The van der Waals surface area contributed by atoms with E-state index in [9.17, 15) is 9.59 Å². The van der Waals surface area contributed by atoms with Crippen LogP contribution in [0.2, 0.25) is 0 Å². The summed E-state index contributed by atoms with van der Waals surface area (Å²) in [5, 5.41) is 2.97. The Morgan fingerprint density at radius 2 is 1.77 bits per heavy atom. The lowest BCUT2D eigenvalue weighted by molar-refractivity contribution is -0.117. The number of anilines is 1. The normalized spacial score (nSPS) is 13.2. The fourth-order valence-electron chi connectivity index (χ4n) is 3.28. The molecular weight excluding hydrogens is 382 g/mol. The molecular formula is C23H29N3O4. The molecule has 7 nitrogen and oxygen atoms in total. The highest BCUT2D eigenvalue weighted by Gasteiger charge is 2.30. The predicted molar refractivity (Wildman–Crippen MR) is 116 cm³/mol. The Morgan fingerprint density at radius 3 is 2.37 bits per heavy atom. The van der Waals surface area contributed by atoms with Crippen LogP contribution in [0.5, 0.6) is 11.5 Å². The Kier molecular flexibility index (Phi) is 7.30. The number of benzene rings is 2. The molecule has 1 saturated carbocycles. The smallest absolute Gasteiger partial charge is 0.248 e. The molecule has 0 aliphatic heterocycles. The van der Waals surface area contributed by atoms with Crippen LogP contribution in [-0.2, 0) is 11.3 Å². The van der Waals surface area contributed by atoms with Crippen LogP contribution >= 0.6 is 0 Å². The van der Waals surface area contributed by atoms with E-state index in [0.29, 0.717) is 48.6 Å². The number of nitrogens with one attached hydrogen (secondary N) is 1. The second kappa shape index (κ2) is 10.1. The Hall–Kier alpha value is -3.06. The highest BCUT2D eigenvalue weighted by Crippen LogP contribution is 2.31. The van der Waals surface area contributed by atoms with Gasteiger partial charge >= 0.3 is 0 Å². The van der Waals surface area contributed by atoms with Crippen molar-refractivity contribution < 1.29 is 19.1 Å². The number of ether oxygens (including phenoxy) is 2. The summed E-state index contributed by atoms with van der Waals surface area (Å²) in [6.07, 6.45) is 2.16. The lowest BCUT2D eigenvalue weighted by atomic mass is 10.1. The molecule has 160 valence electrons. The molecule has 0 radical (unpaired) electrons. The van der Waals surface area contributed by atoms with E-state index in [0.717, 1.165) is 18.4 Å². The summed E-state index contributed by atoms with van der Waals surface area (Å²) in [7, 11) is 0. The minimum atomic E-state index is -0.445. The van der Waals surface area contributed by atoms with Crippen LogP contribution in [0.3, 0.4) is 0 Å². The molecule has 0 aromatic heterocycles. The molecule has 1 fully saturated rings. The molecule has 1 aliphatic carbocycles. The Labute approximate surface area is 177 Å². The van der Waals surface area contributed by atoms with Crippen molar-refractivity contribution in [2.75, 3.05) is 25.1 Å². The number of rotatable bonds is 11. The van der Waals surface area contributed by atoms with E-state index in [2.05, 4.69) is 10.2 Å². The number of nitrogens with two attached hydrogens (primary N) is 1. The first-order chi connectivity index (χ1) is 14.5. The van der Waals surface area contributed by atoms with Crippen LogP contribution in [0.15, 0.2) is 42.5 Å². The molecule has 3 rings (SSSR count). The largest absolute Gasteiger partial charge is 0.494 e. The van der Waals surface area contributed by atoms with Crippen LogP contribution in [0, 0.1) is 0 Å². The molecule has 0 atom stereocenters. The van der Waals surface area contributed by atoms with Gasteiger partial charge in [-0.25, -0.2) is 0 Å². The second-order valence-electron chi connectivity index (χ2n) is 7.27. The van der Waals surface area contributed by atoms with Gasteiger partial charge in [-0.15, -0.1) is 0 Å². The number of primary amides is 1. The molecule has 30 heavy (non-hydrogen) atoms. The van der Waals surface area contributed by atoms with Gasteiger partial charge in [-0.05, 0) is 56.5 Å². The van der Waals surface area contributed by atoms with Gasteiger partial charge in [0.15, 0.2) is 0 Å². The third kappa shape index (κ3) is 5.97. The van der Waals surface area contributed by atoms with Crippen molar-refractivity contribution in [2.45, 2.75) is 39.3 Å². The number of hydrogen-bond donors (Lipinski definition) is 2. The first kappa shape index (κ1) is 21.6. The number of carbonyl (C=O) groups excluding carboxylic acids is 2. The van der Waals surface area contributed by atoms with Crippen molar-refractivity contribution in [1.29, 1.82) is 0 Å². The van der Waals surface area contributed by atoms with Crippen LogP contribution in [0.1, 0.15) is 42.6 Å². The first-order valence-corrected chi connectivity index (χ1v) is 10.3. The lowest BCUT2D eigenvalue weighted by Gasteiger charge is -2.22. The van der Waals surface area contributed by atoms with Crippen LogP contribution in [-0.4, -0.2) is 42.5 Å². The van der Waals surface area contributed by atoms with Crippen LogP contribution in [0.25, 0.3) is 0 Å².